The number of anilines is 2. The first-order valence-electron chi connectivity index (χ1n) is 8.22. The van der Waals surface area contributed by atoms with Gasteiger partial charge in [-0.3, -0.25) is 9.59 Å². The van der Waals surface area contributed by atoms with Crippen molar-refractivity contribution in [2.45, 2.75) is 19.9 Å². The molecule has 2 aromatic carbocycles. The minimum absolute atomic E-state index is 0.0121. The van der Waals surface area contributed by atoms with Crippen molar-refractivity contribution in [1.82, 2.24) is 4.98 Å². The van der Waals surface area contributed by atoms with Gasteiger partial charge in [-0.2, -0.15) is 0 Å². The highest BCUT2D eigenvalue weighted by Crippen LogP contribution is 2.24. The second-order valence-corrected chi connectivity index (χ2v) is 6.75. The summed E-state index contributed by atoms with van der Waals surface area (Å²) in [7, 11) is 0. The van der Waals surface area contributed by atoms with Crippen LogP contribution in [0.5, 0.6) is 0 Å². The van der Waals surface area contributed by atoms with E-state index in [-0.39, 0.29) is 11.7 Å². The summed E-state index contributed by atoms with van der Waals surface area (Å²) >= 11 is 1.39. The number of thiazole rings is 1. The summed E-state index contributed by atoms with van der Waals surface area (Å²) in [6, 6.07) is 16.4. The number of hydrogen-bond acceptors (Lipinski definition) is 5. The van der Waals surface area contributed by atoms with Crippen molar-refractivity contribution in [1.29, 1.82) is 0 Å². The fourth-order valence-corrected chi connectivity index (χ4v) is 3.15. The third-order valence-electron chi connectivity index (χ3n) is 3.85. The Morgan fingerprint density at radius 3 is 2.58 bits per heavy atom. The molecule has 6 heteroatoms. The van der Waals surface area contributed by atoms with E-state index < -0.39 is 6.04 Å². The summed E-state index contributed by atoms with van der Waals surface area (Å²) in [4.78, 5) is 28.3. The van der Waals surface area contributed by atoms with Crippen LogP contribution in [0, 0.1) is 0 Å². The first-order chi connectivity index (χ1) is 12.5. The van der Waals surface area contributed by atoms with Gasteiger partial charge in [-0.1, -0.05) is 42.5 Å². The molecule has 1 aromatic heterocycles. The highest BCUT2D eigenvalue weighted by atomic mass is 32.1. The smallest absolute Gasteiger partial charge is 0.248 e. The Labute approximate surface area is 156 Å². The summed E-state index contributed by atoms with van der Waals surface area (Å²) in [5.74, 6) is -0.200. The number of aromatic nitrogens is 1. The van der Waals surface area contributed by atoms with Crippen LogP contribution in [0.25, 0.3) is 11.3 Å². The molecule has 1 heterocycles. The predicted octanol–water partition coefficient (Wildman–Crippen LogP) is 4.45. The van der Waals surface area contributed by atoms with E-state index in [2.05, 4.69) is 15.6 Å². The molecule has 0 saturated heterocycles. The third-order valence-corrected chi connectivity index (χ3v) is 4.61. The Kier molecular flexibility index (Phi) is 5.43. The zero-order chi connectivity index (χ0) is 18.5. The summed E-state index contributed by atoms with van der Waals surface area (Å²) in [5, 5.41) is 8.41. The maximum atomic E-state index is 12.4. The molecule has 3 rings (SSSR count). The molecule has 132 valence electrons. The van der Waals surface area contributed by atoms with Crippen LogP contribution in [-0.4, -0.2) is 22.7 Å². The van der Waals surface area contributed by atoms with Gasteiger partial charge in [-0.25, -0.2) is 4.98 Å². The molecular weight excluding hydrogens is 346 g/mol. The molecule has 0 aliphatic heterocycles. The van der Waals surface area contributed by atoms with E-state index in [0.717, 1.165) is 16.9 Å². The number of carbonyl (C=O) groups excluding carboxylic acids is 2. The molecule has 0 bridgehead atoms. The Bertz CT molecular complexity index is 922. The van der Waals surface area contributed by atoms with Crippen molar-refractivity contribution in [3.8, 4) is 11.3 Å². The molecule has 0 aliphatic rings. The lowest BCUT2D eigenvalue weighted by Gasteiger charge is -2.14. The van der Waals surface area contributed by atoms with Crippen molar-refractivity contribution in [3.05, 3.63) is 65.5 Å². The molecule has 0 unspecified atom stereocenters. The van der Waals surface area contributed by atoms with Gasteiger partial charge in [-0.05, 0) is 26.0 Å². The zero-order valence-corrected chi connectivity index (χ0v) is 15.3. The molecule has 26 heavy (non-hydrogen) atoms. The van der Waals surface area contributed by atoms with Crippen LogP contribution in [-0.2, 0) is 4.79 Å². The average molecular weight is 365 g/mol. The Morgan fingerprint density at radius 2 is 1.85 bits per heavy atom. The Balaban J connectivity index is 1.64. The van der Waals surface area contributed by atoms with Gasteiger partial charge in [0.15, 0.2) is 10.9 Å². The number of rotatable bonds is 6. The maximum absolute atomic E-state index is 12.4. The van der Waals surface area contributed by atoms with Crippen LogP contribution in [0.3, 0.4) is 0 Å². The van der Waals surface area contributed by atoms with Crippen molar-refractivity contribution in [2.24, 2.45) is 0 Å². The Hall–Kier alpha value is -2.99. The number of amides is 1. The van der Waals surface area contributed by atoms with Gasteiger partial charge in [0.25, 0.3) is 0 Å². The topological polar surface area (TPSA) is 71.1 Å². The maximum Gasteiger partial charge on any atom is 0.248 e. The largest absolute Gasteiger partial charge is 0.374 e. The van der Waals surface area contributed by atoms with Gasteiger partial charge in [0, 0.05) is 22.2 Å². The summed E-state index contributed by atoms with van der Waals surface area (Å²) < 4.78 is 0. The van der Waals surface area contributed by atoms with Gasteiger partial charge >= 0.3 is 0 Å². The highest BCUT2D eigenvalue weighted by Gasteiger charge is 2.15. The zero-order valence-electron chi connectivity index (χ0n) is 14.5. The van der Waals surface area contributed by atoms with Gasteiger partial charge in [0.2, 0.25) is 5.91 Å². The average Bonchev–Trinajstić information content (AvgIpc) is 3.11. The van der Waals surface area contributed by atoms with Crippen LogP contribution >= 0.6 is 11.3 Å². The molecule has 0 radical (unpaired) electrons. The second kappa shape index (κ2) is 7.93. The van der Waals surface area contributed by atoms with E-state index >= 15 is 0 Å². The van der Waals surface area contributed by atoms with E-state index in [4.69, 9.17) is 0 Å². The predicted molar refractivity (Wildman–Crippen MR) is 106 cm³/mol. The normalized spacial score (nSPS) is 11.6. The van der Waals surface area contributed by atoms with E-state index in [1.807, 2.05) is 41.8 Å². The number of benzene rings is 2. The molecule has 1 atom stereocenters. The lowest BCUT2D eigenvalue weighted by atomic mass is 10.1. The lowest BCUT2D eigenvalue weighted by molar-refractivity contribution is -0.116. The molecule has 2 N–H and O–H groups in total. The molecule has 0 fully saturated rings. The molecule has 1 amide bonds. The monoisotopic (exact) mass is 365 g/mol. The standard InChI is InChI=1S/C20H19N3O2S/c1-13(21-17-10-6-9-16(11-17)14(2)24)19(25)23-20-22-18(12-26-20)15-7-4-3-5-8-15/h3-13,21H,1-2H3,(H,22,23,25)/t13-/m0/s1. The van der Waals surface area contributed by atoms with Gasteiger partial charge in [-0.15, -0.1) is 11.3 Å². The van der Waals surface area contributed by atoms with Crippen molar-refractivity contribution >= 4 is 33.8 Å². The van der Waals surface area contributed by atoms with Crippen molar-refractivity contribution in [3.63, 3.8) is 0 Å². The fourth-order valence-electron chi connectivity index (χ4n) is 2.43. The number of carbonyl (C=O) groups is 2. The van der Waals surface area contributed by atoms with Crippen molar-refractivity contribution in [2.75, 3.05) is 10.6 Å². The minimum atomic E-state index is -0.471. The first kappa shape index (κ1) is 17.8. The number of nitrogens with zero attached hydrogens (tertiary/aromatic N) is 1. The molecule has 0 spiro atoms. The molecule has 0 saturated carbocycles. The van der Waals surface area contributed by atoms with Crippen LogP contribution in [0.2, 0.25) is 0 Å². The van der Waals surface area contributed by atoms with Crippen LogP contribution in [0.1, 0.15) is 24.2 Å². The Morgan fingerprint density at radius 1 is 1.08 bits per heavy atom. The van der Waals surface area contributed by atoms with E-state index in [9.17, 15) is 9.59 Å². The van der Waals surface area contributed by atoms with E-state index in [0.29, 0.717) is 10.7 Å². The van der Waals surface area contributed by atoms with Gasteiger partial charge in [0.05, 0.1) is 5.69 Å². The summed E-state index contributed by atoms with van der Waals surface area (Å²) in [6.45, 7) is 3.28. The van der Waals surface area contributed by atoms with E-state index in [1.165, 1.54) is 18.3 Å². The van der Waals surface area contributed by atoms with E-state index in [1.54, 1.807) is 25.1 Å². The third kappa shape index (κ3) is 4.34. The summed E-state index contributed by atoms with van der Waals surface area (Å²) in [5.41, 5.74) is 3.18. The first-order valence-corrected chi connectivity index (χ1v) is 9.10. The van der Waals surface area contributed by atoms with Crippen LogP contribution in [0.15, 0.2) is 60.0 Å². The highest BCUT2D eigenvalue weighted by molar-refractivity contribution is 7.14. The lowest BCUT2D eigenvalue weighted by Crippen LogP contribution is -2.31. The molecule has 3 aromatic rings. The molecule has 5 nitrogen and oxygen atoms in total. The summed E-state index contributed by atoms with van der Waals surface area (Å²) in [6.07, 6.45) is 0. The number of nitrogens with one attached hydrogen (secondary N) is 2. The molecule has 0 aliphatic carbocycles. The number of Topliss-reactive ketones (excluding diaryl/α,β-unsaturated/α-hetero) is 1. The quantitative estimate of drug-likeness (QED) is 0.633. The van der Waals surface area contributed by atoms with Crippen molar-refractivity contribution < 1.29 is 9.59 Å². The van der Waals surface area contributed by atoms with Gasteiger partial charge < -0.3 is 10.6 Å². The minimum Gasteiger partial charge on any atom is -0.374 e. The second-order valence-electron chi connectivity index (χ2n) is 5.90. The number of hydrogen-bond donors (Lipinski definition) is 2. The van der Waals surface area contributed by atoms with Crippen LogP contribution in [0.4, 0.5) is 10.8 Å². The number of ketones is 1. The van der Waals surface area contributed by atoms with Gasteiger partial charge in [0.1, 0.15) is 6.04 Å². The fraction of sp³-hybridized carbons (Fsp3) is 0.150. The SMILES string of the molecule is CC(=O)c1cccc(N[C@@H](C)C(=O)Nc2nc(-c3ccccc3)cs2)c1. The van der Waals surface area contributed by atoms with Crippen LogP contribution < -0.4 is 10.6 Å². The molecular formula is C20H19N3O2S.